The average molecular weight is 131 g/mol. The zero-order chi connectivity index (χ0) is 7.28. The number of rotatable bonds is 4. The molecule has 2 heteroatoms. The molecule has 0 aromatic heterocycles. The molecule has 1 radical (unpaired) electrons. The molecule has 0 bridgehead atoms. The molecule has 0 saturated heterocycles. The van der Waals surface area contributed by atoms with Gasteiger partial charge in [0.1, 0.15) is 6.10 Å². The van der Waals surface area contributed by atoms with Gasteiger partial charge in [0.25, 0.3) is 0 Å². The van der Waals surface area contributed by atoms with Crippen LogP contribution in [0.25, 0.3) is 0 Å². The molecule has 0 amide bonds. The van der Waals surface area contributed by atoms with E-state index in [1.807, 2.05) is 18.9 Å². The lowest BCUT2D eigenvalue weighted by atomic mass is 10.5. The van der Waals surface area contributed by atoms with Crippen LogP contribution in [0.3, 0.4) is 0 Å². The summed E-state index contributed by atoms with van der Waals surface area (Å²) in [7, 11) is 0. The van der Waals surface area contributed by atoms with E-state index in [0.717, 1.165) is 13.1 Å². The molecular formula is C7H17NO+. The maximum Gasteiger partial charge on any atom is 0.157 e. The zero-order valence-corrected chi connectivity index (χ0v) is 6.85. The summed E-state index contributed by atoms with van der Waals surface area (Å²) in [5.74, 6) is 0. The fourth-order valence-corrected chi connectivity index (χ4v) is 0.671. The Morgan fingerprint density at radius 3 is 1.78 bits per heavy atom. The first-order valence-electron chi connectivity index (χ1n) is 3.62. The number of hydroxylamine groups is 2. The fraction of sp³-hybridized carbons (Fsp3) is 1.00. The monoisotopic (exact) mass is 131 g/mol. The maximum absolute atomic E-state index is 5.38. The van der Waals surface area contributed by atoms with Crippen molar-refractivity contribution in [3.63, 3.8) is 0 Å². The molecule has 0 N–H and O–H groups in total. The summed E-state index contributed by atoms with van der Waals surface area (Å²) in [5.41, 5.74) is 0. The first-order chi connectivity index (χ1) is 4.20. The van der Waals surface area contributed by atoms with E-state index in [2.05, 4.69) is 13.8 Å². The van der Waals surface area contributed by atoms with Crippen LogP contribution in [0.15, 0.2) is 0 Å². The van der Waals surface area contributed by atoms with Gasteiger partial charge in [-0.15, -0.1) is 4.84 Å². The molecule has 9 heavy (non-hydrogen) atoms. The van der Waals surface area contributed by atoms with Gasteiger partial charge in [-0.25, -0.2) is 0 Å². The minimum atomic E-state index is 0.310. The average Bonchev–Trinajstić information content (AvgIpc) is 1.82. The van der Waals surface area contributed by atoms with Gasteiger partial charge < -0.3 is 0 Å². The van der Waals surface area contributed by atoms with E-state index in [1.165, 1.54) is 0 Å². The highest BCUT2D eigenvalue weighted by molar-refractivity contribution is 4.43. The lowest BCUT2D eigenvalue weighted by Gasteiger charge is -2.07. The zero-order valence-electron chi connectivity index (χ0n) is 6.85. The molecule has 0 heterocycles. The Morgan fingerprint density at radius 1 is 1.22 bits per heavy atom. The van der Waals surface area contributed by atoms with Gasteiger partial charge in [-0.05, 0) is 32.8 Å². The Hall–Kier alpha value is -0.0800. The number of hydrogen-bond donors (Lipinski definition) is 0. The summed E-state index contributed by atoms with van der Waals surface area (Å²) < 4.78 is 0. The third-order valence-electron chi connectivity index (χ3n) is 1.07. The smallest absolute Gasteiger partial charge is 0.146 e. The van der Waals surface area contributed by atoms with Gasteiger partial charge in [-0.2, -0.15) is 0 Å². The lowest BCUT2D eigenvalue weighted by Crippen LogP contribution is -2.32. The summed E-state index contributed by atoms with van der Waals surface area (Å²) in [4.78, 5) is 5.38. The summed E-state index contributed by atoms with van der Waals surface area (Å²) in [6.07, 6.45) is 0.310. The molecule has 0 spiro atoms. The second kappa shape index (κ2) is 4.77. The summed E-state index contributed by atoms with van der Waals surface area (Å²) >= 11 is 0. The summed E-state index contributed by atoms with van der Waals surface area (Å²) in [6.45, 7) is 10.2. The van der Waals surface area contributed by atoms with Crippen LogP contribution in [0.2, 0.25) is 0 Å². The normalized spacial score (nSPS) is 11.3. The molecule has 0 aliphatic carbocycles. The topological polar surface area (TPSA) is 15.1 Å². The highest BCUT2D eigenvalue weighted by Gasteiger charge is 2.11. The van der Waals surface area contributed by atoms with Gasteiger partial charge in [0.05, 0.1) is 0 Å². The highest BCUT2D eigenvalue weighted by atomic mass is 16.7. The number of nitrogens with zero attached hydrogens (tertiary/aromatic N) is 1. The van der Waals surface area contributed by atoms with Crippen molar-refractivity contribution in [1.82, 2.24) is 5.06 Å². The maximum atomic E-state index is 5.38. The predicted molar refractivity (Wildman–Crippen MR) is 39.4 cm³/mol. The molecule has 0 rings (SSSR count). The van der Waals surface area contributed by atoms with E-state index in [0.29, 0.717) is 6.10 Å². The molecule has 0 saturated carbocycles. The van der Waals surface area contributed by atoms with Gasteiger partial charge in [0.15, 0.2) is 13.1 Å². The lowest BCUT2D eigenvalue weighted by molar-refractivity contribution is -0.100. The fourth-order valence-electron chi connectivity index (χ4n) is 0.671. The molecule has 0 aromatic carbocycles. The van der Waals surface area contributed by atoms with Gasteiger partial charge in [-0.1, -0.05) is 0 Å². The van der Waals surface area contributed by atoms with Crippen molar-refractivity contribution in [2.75, 3.05) is 13.1 Å². The molecular weight excluding hydrogens is 114 g/mol. The Bertz CT molecular complexity index is 59.9. The Kier molecular flexibility index (Phi) is 4.72. The Morgan fingerprint density at radius 2 is 1.67 bits per heavy atom. The van der Waals surface area contributed by atoms with Crippen molar-refractivity contribution in [2.45, 2.75) is 33.8 Å². The van der Waals surface area contributed by atoms with Crippen LogP contribution < -0.4 is 5.06 Å². The third-order valence-corrected chi connectivity index (χ3v) is 1.07. The van der Waals surface area contributed by atoms with E-state index in [-0.39, 0.29) is 0 Å². The third kappa shape index (κ3) is 4.43. The minimum absolute atomic E-state index is 0.310. The van der Waals surface area contributed by atoms with Gasteiger partial charge in [0.2, 0.25) is 0 Å². The first-order valence-corrected chi connectivity index (χ1v) is 3.62. The minimum Gasteiger partial charge on any atom is -0.146 e. The molecule has 0 aromatic rings. The molecule has 0 atom stereocenters. The van der Waals surface area contributed by atoms with E-state index >= 15 is 0 Å². The van der Waals surface area contributed by atoms with Crippen LogP contribution in [-0.4, -0.2) is 19.2 Å². The standard InChI is InChI=1S/C7H17NO/c1-5-8(6-2)9-7(3)4/h7H,5-6H2,1-4H3/q+1. The Balaban J connectivity index is 3.31. The van der Waals surface area contributed by atoms with Crippen molar-refractivity contribution in [3.8, 4) is 0 Å². The largest absolute Gasteiger partial charge is 0.157 e. The van der Waals surface area contributed by atoms with E-state index in [9.17, 15) is 0 Å². The van der Waals surface area contributed by atoms with Crippen LogP contribution in [0.1, 0.15) is 27.7 Å². The van der Waals surface area contributed by atoms with Crippen LogP contribution in [-0.2, 0) is 4.84 Å². The van der Waals surface area contributed by atoms with Crippen molar-refractivity contribution >= 4 is 0 Å². The van der Waals surface area contributed by atoms with Crippen molar-refractivity contribution in [1.29, 1.82) is 0 Å². The summed E-state index contributed by atoms with van der Waals surface area (Å²) in [5, 5.41) is 1.95. The van der Waals surface area contributed by atoms with Gasteiger partial charge in [-0.3, -0.25) is 0 Å². The van der Waals surface area contributed by atoms with Gasteiger partial charge in [0, 0.05) is 0 Å². The van der Waals surface area contributed by atoms with Gasteiger partial charge >= 0.3 is 0 Å². The van der Waals surface area contributed by atoms with Crippen LogP contribution in [0.4, 0.5) is 0 Å². The van der Waals surface area contributed by atoms with Crippen molar-refractivity contribution < 1.29 is 4.84 Å². The van der Waals surface area contributed by atoms with Crippen LogP contribution in [0.5, 0.6) is 0 Å². The molecule has 55 valence electrons. The van der Waals surface area contributed by atoms with E-state index < -0.39 is 0 Å². The molecule has 2 nitrogen and oxygen atoms in total. The van der Waals surface area contributed by atoms with Crippen molar-refractivity contribution in [2.24, 2.45) is 0 Å². The summed E-state index contributed by atoms with van der Waals surface area (Å²) in [6, 6.07) is 0. The molecule has 0 aliphatic heterocycles. The highest BCUT2D eigenvalue weighted by Crippen LogP contribution is 1.90. The predicted octanol–water partition coefficient (Wildman–Crippen LogP) is 1.51. The number of hydrogen-bond acceptors (Lipinski definition) is 2. The van der Waals surface area contributed by atoms with Crippen LogP contribution >= 0.6 is 0 Å². The second-order valence-corrected chi connectivity index (χ2v) is 2.27. The first kappa shape index (κ1) is 8.92. The second-order valence-electron chi connectivity index (χ2n) is 2.27. The van der Waals surface area contributed by atoms with E-state index in [4.69, 9.17) is 4.84 Å². The van der Waals surface area contributed by atoms with E-state index in [1.54, 1.807) is 0 Å². The van der Waals surface area contributed by atoms with Crippen molar-refractivity contribution in [3.05, 3.63) is 0 Å². The molecule has 0 unspecified atom stereocenters. The SMILES string of the molecule is CC[N+](CC)OC(C)C. The van der Waals surface area contributed by atoms with Crippen LogP contribution in [0, 0.1) is 0 Å². The molecule has 0 fully saturated rings. The Labute approximate surface area is 57.8 Å². The molecule has 0 aliphatic rings. The quantitative estimate of drug-likeness (QED) is 0.417.